The zero-order valence-corrected chi connectivity index (χ0v) is 15.5. The summed E-state index contributed by atoms with van der Waals surface area (Å²) in [7, 11) is 0.332. The van der Waals surface area contributed by atoms with Gasteiger partial charge < -0.3 is 4.90 Å². The molecule has 0 spiro atoms. The van der Waals surface area contributed by atoms with Gasteiger partial charge in [0.15, 0.2) is 0 Å². The van der Waals surface area contributed by atoms with Gasteiger partial charge in [0.1, 0.15) is 10.6 Å². The number of hydrogen-bond donors (Lipinski definition) is 1. The molecule has 1 heterocycles. The van der Waals surface area contributed by atoms with E-state index in [1.54, 1.807) is 10.9 Å². The van der Waals surface area contributed by atoms with Gasteiger partial charge in [-0.3, -0.25) is 4.68 Å². The van der Waals surface area contributed by atoms with Crippen LogP contribution >= 0.6 is 0 Å². The molecule has 24 heavy (non-hydrogen) atoms. The van der Waals surface area contributed by atoms with Crippen LogP contribution in [-0.2, 0) is 10.0 Å². The Balaban J connectivity index is 2.30. The van der Waals surface area contributed by atoms with Gasteiger partial charge in [-0.2, -0.15) is 5.10 Å². The fourth-order valence-corrected chi connectivity index (χ4v) is 3.54. The van der Waals surface area contributed by atoms with Gasteiger partial charge in [0.05, 0.1) is 0 Å². The number of nitrogens with zero attached hydrogens (tertiary/aromatic N) is 3. The molecule has 0 saturated carbocycles. The lowest BCUT2D eigenvalue weighted by Gasteiger charge is -2.10. The highest BCUT2D eigenvalue weighted by Gasteiger charge is 2.23. The Labute approximate surface area is 144 Å². The van der Waals surface area contributed by atoms with Crippen LogP contribution in [0.3, 0.4) is 0 Å². The van der Waals surface area contributed by atoms with Crippen molar-refractivity contribution in [1.82, 2.24) is 19.4 Å². The van der Waals surface area contributed by atoms with Gasteiger partial charge >= 0.3 is 0 Å². The lowest BCUT2D eigenvalue weighted by Crippen LogP contribution is -2.27. The fourth-order valence-electron chi connectivity index (χ4n) is 2.31. The molecule has 6 nitrogen and oxygen atoms in total. The second kappa shape index (κ2) is 7.92. The van der Waals surface area contributed by atoms with E-state index in [2.05, 4.69) is 9.82 Å². The number of sulfonamides is 1. The average molecular weight is 350 g/mol. The molecule has 0 atom stereocenters. The van der Waals surface area contributed by atoms with Crippen molar-refractivity contribution < 1.29 is 8.42 Å². The third-order valence-corrected chi connectivity index (χ3v) is 5.10. The highest BCUT2D eigenvalue weighted by Crippen LogP contribution is 2.26. The molecule has 2 aromatic rings. The Kier molecular flexibility index (Phi) is 6.15. The van der Waals surface area contributed by atoms with Gasteiger partial charge in [0.2, 0.25) is 10.0 Å². The molecule has 0 fully saturated rings. The minimum atomic E-state index is -3.60. The number of rotatable bonds is 8. The Bertz CT molecular complexity index is 752. The van der Waals surface area contributed by atoms with E-state index in [9.17, 15) is 8.42 Å². The minimum Gasteiger partial charge on any atom is -0.309 e. The van der Waals surface area contributed by atoms with Crippen molar-refractivity contribution in [1.29, 1.82) is 0 Å². The Morgan fingerprint density at radius 3 is 2.46 bits per heavy atom. The standard InChI is InChI=1S/C17H26N4O2S/c1-14(2)21-13-16(17(19-21)15-9-6-5-7-10-15)24(22,23)18-11-8-12-20(3)4/h5-7,9-10,13-14,18H,8,11-12H2,1-4H3. The van der Waals surface area contributed by atoms with Gasteiger partial charge in [-0.05, 0) is 40.9 Å². The first-order valence-corrected chi connectivity index (χ1v) is 9.58. The van der Waals surface area contributed by atoms with Crippen molar-refractivity contribution in [3.63, 3.8) is 0 Å². The summed E-state index contributed by atoms with van der Waals surface area (Å²) >= 11 is 0. The molecule has 7 heteroatoms. The van der Waals surface area contributed by atoms with E-state index in [0.717, 1.165) is 18.5 Å². The molecule has 0 aliphatic heterocycles. The van der Waals surface area contributed by atoms with Gasteiger partial charge in [0, 0.05) is 24.3 Å². The van der Waals surface area contributed by atoms with Crippen LogP contribution in [0, 0.1) is 0 Å². The molecule has 0 bridgehead atoms. The summed E-state index contributed by atoms with van der Waals surface area (Å²) in [6.45, 7) is 5.19. The first-order valence-electron chi connectivity index (χ1n) is 8.10. The quantitative estimate of drug-likeness (QED) is 0.742. The second-order valence-electron chi connectivity index (χ2n) is 6.34. The smallest absolute Gasteiger partial charge is 0.244 e. The molecule has 0 radical (unpaired) electrons. The molecule has 132 valence electrons. The summed E-state index contributed by atoms with van der Waals surface area (Å²) in [5.74, 6) is 0. The van der Waals surface area contributed by atoms with Crippen molar-refractivity contribution in [2.45, 2.75) is 31.2 Å². The van der Waals surface area contributed by atoms with Crippen LogP contribution in [0.15, 0.2) is 41.4 Å². The zero-order chi connectivity index (χ0) is 17.7. The summed E-state index contributed by atoms with van der Waals surface area (Å²) in [4.78, 5) is 2.26. The average Bonchev–Trinajstić information content (AvgIpc) is 2.99. The van der Waals surface area contributed by atoms with Crippen molar-refractivity contribution in [2.24, 2.45) is 0 Å². The molecule has 1 aromatic heterocycles. The van der Waals surface area contributed by atoms with Crippen molar-refractivity contribution in [3.8, 4) is 11.3 Å². The Morgan fingerprint density at radius 1 is 1.21 bits per heavy atom. The van der Waals surface area contributed by atoms with Crippen molar-refractivity contribution >= 4 is 10.0 Å². The largest absolute Gasteiger partial charge is 0.309 e. The minimum absolute atomic E-state index is 0.0881. The highest BCUT2D eigenvalue weighted by molar-refractivity contribution is 7.89. The molecule has 0 amide bonds. The summed E-state index contributed by atoms with van der Waals surface area (Å²) < 4.78 is 29.8. The fraction of sp³-hybridized carbons (Fsp3) is 0.471. The monoisotopic (exact) mass is 350 g/mol. The summed E-state index contributed by atoms with van der Waals surface area (Å²) in [5, 5.41) is 4.49. The molecule has 0 saturated heterocycles. The number of aromatic nitrogens is 2. The Morgan fingerprint density at radius 2 is 1.88 bits per heavy atom. The zero-order valence-electron chi connectivity index (χ0n) is 14.7. The topological polar surface area (TPSA) is 67.2 Å². The van der Waals surface area contributed by atoms with Crippen molar-refractivity contribution in [2.75, 3.05) is 27.2 Å². The van der Waals surface area contributed by atoms with Crippen LogP contribution in [-0.4, -0.2) is 50.3 Å². The van der Waals surface area contributed by atoms with Crippen LogP contribution in [0.2, 0.25) is 0 Å². The van der Waals surface area contributed by atoms with Crippen LogP contribution in [0.1, 0.15) is 26.3 Å². The maximum absolute atomic E-state index is 12.7. The summed E-state index contributed by atoms with van der Waals surface area (Å²) in [5.41, 5.74) is 1.29. The number of nitrogens with one attached hydrogen (secondary N) is 1. The van der Waals surface area contributed by atoms with Crippen LogP contribution in [0.25, 0.3) is 11.3 Å². The van der Waals surface area contributed by atoms with Gasteiger partial charge in [-0.1, -0.05) is 30.3 Å². The predicted molar refractivity (Wildman–Crippen MR) is 96.4 cm³/mol. The Hall–Kier alpha value is -1.70. The molecule has 1 N–H and O–H groups in total. The van der Waals surface area contributed by atoms with Gasteiger partial charge in [-0.25, -0.2) is 13.1 Å². The van der Waals surface area contributed by atoms with Gasteiger partial charge in [-0.15, -0.1) is 0 Å². The van der Waals surface area contributed by atoms with E-state index in [4.69, 9.17) is 0 Å². The van der Waals surface area contributed by atoms with Crippen LogP contribution in [0.4, 0.5) is 0 Å². The second-order valence-corrected chi connectivity index (χ2v) is 8.07. The molecular formula is C17H26N4O2S. The summed E-state index contributed by atoms with van der Waals surface area (Å²) in [6, 6.07) is 9.49. The van der Waals surface area contributed by atoms with E-state index >= 15 is 0 Å². The van der Waals surface area contributed by atoms with Crippen LogP contribution in [0.5, 0.6) is 0 Å². The normalized spacial score (nSPS) is 12.2. The number of benzene rings is 1. The molecule has 0 unspecified atom stereocenters. The molecule has 0 aliphatic carbocycles. The molecule has 1 aromatic carbocycles. The van der Waals surface area contributed by atoms with E-state index < -0.39 is 10.0 Å². The lowest BCUT2D eigenvalue weighted by molar-refractivity contribution is 0.400. The number of hydrogen-bond acceptors (Lipinski definition) is 4. The molecule has 2 rings (SSSR count). The van der Waals surface area contributed by atoms with Crippen molar-refractivity contribution in [3.05, 3.63) is 36.5 Å². The SMILES string of the molecule is CC(C)n1cc(S(=O)(=O)NCCCN(C)C)c(-c2ccccc2)n1. The lowest BCUT2D eigenvalue weighted by atomic mass is 10.2. The maximum Gasteiger partial charge on any atom is 0.244 e. The third-order valence-electron chi connectivity index (χ3n) is 3.64. The third kappa shape index (κ3) is 4.66. The predicted octanol–water partition coefficient (Wildman–Crippen LogP) is 2.36. The van der Waals surface area contributed by atoms with E-state index in [1.807, 2.05) is 63.2 Å². The molecule has 0 aliphatic rings. The van der Waals surface area contributed by atoms with E-state index in [0.29, 0.717) is 12.2 Å². The first kappa shape index (κ1) is 18.6. The van der Waals surface area contributed by atoms with Gasteiger partial charge in [0.25, 0.3) is 0 Å². The summed E-state index contributed by atoms with van der Waals surface area (Å²) in [6.07, 6.45) is 2.37. The van der Waals surface area contributed by atoms with E-state index in [1.165, 1.54) is 0 Å². The highest BCUT2D eigenvalue weighted by atomic mass is 32.2. The van der Waals surface area contributed by atoms with E-state index in [-0.39, 0.29) is 10.9 Å². The van der Waals surface area contributed by atoms with Crippen LogP contribution < -0.4 is 4.72 Å². The maximum atomic E-state index is 12.7. The first-order chi connectivity index (χ1) is 11.3. The molecular weight excluding hydrogens is 324 g/mol.